The number of pyridine rings is 1. The van der Waals surface area contributed by atoms with Crippen molar-refractivity contribution in [3.05, 3.63) is 127 Å². The van der Waals surface area contributed by atoms with Crippen LogP contribution < -0.4 is 11.1 Å². The van der Waals surface area contributed by atoms with Crippen LogP contribution in [0.5, 0.6) is 0 Å². The summed E-state index contributed by atoms with van der Waals surface area (Å²) in [4.78, 5) is 31.8. The molecule has 3 aromatic carbocycles. The maximum atomic E-state index is 13.9. The molecule has 7 heteroatoms. The van der Waals surface area contributed by atoms with Gasteiger partial charge >= 0.3 is 0 Å². The minimum Gasteiger partial charge on any atom is -0.312 e. The number of aromatic nitrogens is 3. The predicted molar refractivity (Wildman–Crippen MR) is 149 cm³/mol. The summed E-state index contributed by atoms with van der Waals surface area (Å²) < 4.78 is 5.27. The van der Waals surface area contributed by atoms with Crippen LogP contribution in [0.2, 0.25) is 5.02 Å². The molecule has 184 valence electrons. The largest absolute Gasteiger partial charge is 0.312 e. The van der Waals surface area contributed by atoms with Gasteiger partial charge in [-0.05, 0) is 54.8 Å². The van der Waals surface area contributed by atoms with Gasteiger partial charge in [-0.15, -0.1) is 0 Å². The van der Waals surface area contributed by atoms with Gasteiger partial charge in [-0.25, -0.2) is 4.68 Å². The summed E-state index contributed by atoms with van der Waals surface area (Å²) in [7, 11) is 0. The van der Waals surface area contributed by atoms with E-state index in [0.717, 1.165) is 23.4 Å². The maximum Gasteiger partial charge on any atom is 0.281 e. The maximum absolute atomic E-state index is 13.9. The Bertz CT molecular complexity index is 1760. The van der Waals surface area contributed by atoms with Crippen molar-refractivity contribution in [2.24, 2.45) is 4.99 Å². The molecule has 0 saturated heterocycles. The highest BCUT2D eigenvalue weighted by Crippen LogP contribution is 2.34. The van der Waals surface area contributed by atoms with E-state index >= 15 is 0 Å². The van der Waals surface area contributed by atoms with E-state index in [1.54, 1.807) is 15.3 Å². The summed E-state index contributed by atoms with van der Waals surface area (Å²) in [5.41, 5.74) is 4.91. The Morgan fingerprint density at radius 2 is 1.65 bits per heavy atom. The third-order valence-corrected chi connectivity index (χ3v) is 7.37. The van der Waals surface area contributed by atoms with Gasteiger partial charge in [0.1, 0.15) is 0 Å². The SMILES string of the molecule is Cc1c2c(=O)n(-c3ccccc3)n(Cc3ccc(Cl)cc3)c2cc(=O)n1CCC1C=Nc2ccccc21. The van der Waals surface area contributed by atoms with Gasteiger partial charge in [-0.3, -0.25) is 19.3 Å². The second kappa shape index (κ2) is 9.37. The number of halogens is 1. The highest BCUT2D eigenvalue weighted by Gasteiger charge is 2.22. The molecular weight excluding hydrogens is 484 g/mol. The molecule has 5 aromatic rings. The van der Waals surface area contributed by atoms with Crippen molar-refractivity contribution in [3.63, 3.8) is 0 Å². The van der Waals surface area contributed by atoms with Gasteiger partial charge in [0.15, 0.2) is 0 Å². The van der Waals surface area contributed by atoms with Crippen LogP contribution in [0.25, 0.3) is 16.6 Å². The van der Waals surface area contributed by atoms with Gasteiger partial charge < -0.3 is 4.57 Å². The fraction of sp³-hybridized carbons (Fsp3) is 0.167. The van der Waals surface area contributed by atoms with Crippen LogP contribution in [0, 0.1) is 6.92 Å². The smallest absolute Gasteiger partial charge is 0.281 e. The molecule has 1 aliphatic rings. The first kappa shape index (κ1) is 23.3. The minimum atomic E-state index is -0.144. The van der Waals surface area contributed by atoms with Crippen molar-refractivity contribution in [2.75, 3.05) is 0 Å². The van der Waals surface area contributed by atoms with Crippen molar-refractivity contribution >= 4 is 34.4 Å². The molecule has 1 unspecified atom stereocenters. The van der Waals surface area contributed by atoms with E-state index in [1.165, 1.54) is 5.56 Å². The Kier molecular flexibility index (Phi) is 5.89. The number of hydrogen-bond acceptors (Lipinski definition) is 3. The number of rotatable bonds is 6. The summed E-state index contributed by atoms with van der Waals surface area (Å²) >= 11 is 6.09. The number of fused-ring (bicyclic) bond motifs is 2. The first-order valence-corrected chi connectivity index (χ1v) is 12.7. The van der Waals surface area contributed by atoms with Crippen molar-refractivity contribution in [1.29, 1.82) is 0 Å². The van der Waals surface area contributed by atoms with Crippen molar-refractivity contribution in [3.8, 4) is 5.69 Å². The van der Waals surface area contributed by atoms with Gasteiger partial charge in [-0.2, -0.15) is 0 Å². The number of aliphatic imine (C=N–C) groups is 1. The zero-order chi connectivity index (χ0) is 25.5. The second-order valence-corrected chi connectivity index (χ2v) is 9.79. The van der Waals surface area contributed by atoms with Crippen LogP contribution in [0.4, 0.5) is 5.69 Å². The second-order valence-electron chi connectivity index (χ2n) is 9.35. The summed E-state index contributed by atoms with van der Waals surface area (Å²) in [6.45, 7) is 2.78. The Morgan fingerprint density at radius 3 is 2.43 bits per heavy atom. The van der Waals surface area contributed by atoms with E-state index in [4.69, 9.17) is 11.6 Å². The average Bonchev–Trinajstić information content (AvgIpc) is 3.44. The summed E-state index contributed by atoms with van der Waals surface area (Å²) in [6.07, 6.45) is 2.68. The lowest BCUT2D eigenvalue weighted by atomic mass is 9.98. The fourth-order valence-electron chi connectivity index (χ4n) is 5.23. The van der Waals surface area contributed by atoms with E-state index in [2.05, 4.69) is 11.1 Å². The first-order valence-electron chi connectivity index (χ1n) is 12.3. The molecule has 6 nitrogen and oxygen atoms in total. The highest BCUT2D eigenvalue weighted by molar-refractivity contribution is 6.30. The Balaban J connectivity index is 1.46. The zero-order valence-corrected chi connectivity index (χ0v) is 21.1. The normalized spacial score (nSPS) is 14.4. The number of para-hydroxylation sites is 2. The van der Waals surface area contributed by atoms with Gasteiger partial charge in [0.05, 0.1) is 28.8 Å². The van der Waals surface area contributed by atoms with Crippen molar-refractivity contribution in [1.82, 2.24) is 13.9 Å². The molecule has 0 bridgehead atoms. The molecular formula is C30H25ClN4O2. The Morgan fingerprint density at radius 1 is 0.919 bits per heavy atom. The van der Waals surface area contributed by atoms with E-state index < -0.39 is 0 Å². The third kappa shape index (κ3) is 4.13. The molecule has 3 heterocycles. The molecule has 0 aliphatic carbocycles. The lowest BCUT2D eigenvalue weighted by Crippen LogP contribution is -2.24. The molecule has 1 aliphatic heterocycles. The molecule has 0 fully saturated rings. The van der Waals surface area contributed by atoms with Gasteiger partial charge in [-0.1, -0.05) is 60.1 Å². The lowest BCUT2D eigenvalue weighted by Gasteiger charge is -2.15. The van der Waals surface area contributed by atoms with Crippen LogP contribution in [0.15, 0.2) is 99.5 Å². The number of hydrogen-bond donors (Lipinski definition) is 0. The predicted octanol–water partition coefficient (Wildman–Crippen LogP) is 5.85. The summed E-state index contributed by atoms with van der Waals surface area (Å²) in [5, 5.41) is 1.20. The van der Waals surface area contributed by atoms with E-state index in [-0.39, 0.29) is 17.0 Å². The Labute approximate surface area is 218 Å². The van der Waals surface area contributed by atoms with Crippen LogP contribution >= 0.6 is 11.6 Å². The molecule has 1 atom stereocenters. The van der Waals surface area contributed by atoms with Crippen molar-refractivity contribution in [2.45, 2.75) is 32.4 Å². The number of aryl methyl sites for hydroxylation is 1. The van der Waals surface area contributed by atoms with Crippen LogP contribution in [0.1, 0.15) is 29.2 Å². The average molecular weight is 509 g/mol. The van der Waals surface area contributed by atoms with Gasteiger partial charge in [0.25, 0.3) is 11.1 Å². The van der Waals surface area contributed by atoms with Crippen LogP contribution in [0.3, 0.4) is 0 Å². The van der Waals surface area contributed by atoms with Gasteiger partial charge in [0.2, 0.25) is 0 Å². The summed E-state index contributed by atoms with van der Waals surface area (Å²) in [5.74, 6) is 0.147. The van der Waals surface area contributed by atoms with E-state index in [1.807, 2.05) is 90.6 Å². The highest BCUT2D eigenvalue weighted by atomic mass is 35.5. The van der Waals surface area contributed by atoms with E-state index in [9.17, 15) is 9.59 Å². The van der Waals surface area contributed by atoms with Crippen LogP contribution in [-0.4, -0.2) is 20.1 Å². The lowest BCUT2D eigenvalue weighted by molar-refractivity contribution is 0.597. The third-order valence-electron chi connectivity index (χ3n) is 7.11. The monoisotopic (exact) mass is 508 g/mol. The topological polar surface area (TPSA) is 61.3 Å². The minimum absolute atomic E-state index is 0.122. The van der Waals surface area contributed by atoms with Gasteiger partial charge in [0, 0.05) is 35.5 Å². The molecule has 6 rings (SSSR count). The molecule has 0 saturated carbocycles. The fourth-order valence-corrected chi connectivity index (χ4v) is 5.36. The molecule has 0 N–H and O–H groups in total. The number of benzene rings is 3. The standard InChI is InChI=1S/C30H25ClN4O2/c1-20-29-27(17-28(36)33(20)16-15-22-18-32-26-10-6-5-9-25(22)26)34(19-21-11-13-23(31)14-12-21)35(30(29)37)24-7-3-2-4-8-24/h2-14,17-18,22H,15-16,19H2,1H3. The van der Waals surface area contributed by atoms with Crippen LogP contribution in [-0.2, 0) is 13.1 Å². The molecule has 37 heavy (non-hydrogen) atoms. The zero-order valence-electron chi connectivity index (χ0n) is 20.3. The molecule has 0 radical (unpaired) electrons. The Hall–Kier alpha value is -4.16. The first-order chi connectivity index (χ1) is 18.0. The molecule has 0 amide bonds. The number of nitrogens with zero attached hydrogens (tertiary/aromatic N) is 4. The molecule has 0 spiro atoms. The summed E-state index contributed by atoms with van der Waals surface area (Å²) in [6, 6.07) is 26.7. The van der Waals surface area contributed by atoms with Crippen molar-refractivity contribution < 1.29 is 0 Å². The molecule has 2 aromatic heterocycles. The van der Waals surface area contributed by atoms with E-state index in [0.29, 0.717) is 34.7 Å². The quantitative estimate of drug-likeness (QED) is 0.288.